The summed E-state index contributed by atoms with van der Waals surface area (Å²) in [6.07, 6.45) is 1.13. The number of hydrogen-bond acceptors (Lipinski definition) is 7. The summed E-state index contributed by atoms with van der Waals surface area (Å²) in [6, 6.07) is 12.6. The normalized spacial score (nSPS) is 14.9. The van der Waals surface area contributed by atoms with E-state index in [4.69, 9.17) is 9.15 Å². The summed E-state index contributed by atoms with van der Waals surface area (Å²) < 4.78 is 35.8. The number of amides is 1. The molecule has 0 N–H and O–H groups in total. The second-order valence-corrected chi connectivity index (χ2v) is 10.4. The maximum atomic E-state index is 13.3. The quantitative estimate of drug-likeness (QED) is 0.561. The van der Waals surface area contributed by atoms with E-state index in [2.05, 4.69) is 4.98 Å². The smallest absolute Gasteiger partial charge is 0.298 e. The van der Waals surface area contributed by atoms with Crippen molar-refractivity contribution in [3.05, 3.63) is 48.0 Å². The summed E-state index contributed by atoms with van der Waals surface area (Å²) in [7, 11) is -3.45. The standard InChI is InChI=1S/C23H27N3O5S/c1-16(2)15-30-20-9-8-17(32(3,28)29)14-18(20)22(27)25-10-12-26(13-11-25)23-24-19-6-4-5-7-21(19)31-23/h4-9,14,16H,10-13,15H2,1-3H3. The van der Waals surface area contributed by atoms with Gasteiger partial charge in [-0.3, -0.25) is 4.79 Å². The number of piperazine rings is 1. The summed E-state index contributed by atoms with van der Waals surface area (Å²) >= 11 is 0. The van der Waals surface area contributed by atoms with Gasteiger partial charge in [-0.1, -0.05) is 26.0 Å². The summed E-state index contributed by atoms with van der Waals surface area (Å²) in [6.45, 7) is 6.51. The van der Waals surface area contributed by atoms with Crippen LogP contribution in [0.15, 0.2) is 51.8 Å². The van der Waals surface area contributed by atoms with Crippen molar-refractivity contribution in [3.63, 3.8) is 0 Å². The third-order valence-corrected chi connectivity index (χ3v) is 6.41. The maximum Gasteiger partial charge on any atom is 0.298 e. The molecule has 1 amide bonds. The van der Waals surface area contributed by atoms with Crippen LogP contribution in [0.3, 0.4) is 0 Å². The van der Waals surface area contributed by atoms with Crippen LogP contribution in [-0.2, 0) is 9.84 Å². The van der Waals surface area contributed by atoms with Crippen LogP contribution >= 0.6 is 0 Å². The van der Waals surface area contributed by atoms with Gasteiger partial charge in [0.25, 0.3) is 11.9 Å². The molecule has 9 heteroatoms. The van der Waals surface area contributed by atoms with Crippen LogP contribution in [0.4, 0.5) is 6.01 Å². The number of aromatic nitrogens is 1. The first kappa shape index (κ1) is 22.1. The Hall–Kier alpha value is -3.07. The second kappa shape index (κ2) is 8.82. The number of nitrogens with zero attached hydrogens (tertiary/aromatic N) is 3. The van der Waals surface area contributed by atoms with Gasteiger partial charge in [-0.15, -0.1) is 0 Å². The van der Waals surface area contributed by atoms with Crippen molar-refractivity contribution < 1.29 is 22.4 Å². The number of oxazole rings is 1. The van der Waals surface area contributed by atoms with Gasteiger partial charge in [0.05, 0.1) is 17.1 Å². The van der Waals surface area contributed by atoms with Crippen molar-refractivity contribution in [2.24, 2.45) is 5.92 Å². The molecule has 1 aromatic heterocycles. The van der Waals surface area contributed by atoms with Crippen molar-refractivity contribution in [1.82, 2.24) is 9.88 Å². The SMILES string of the molecule is CC(C)COc1ccc(S(C)(=O)=O)cc1C(=O)N1CCN(c2nc3ccccc3o2)CC1. The first-order valence-corrected chi connectivity index (χ1v) is 12.5. The summed E-state index contributed by atoms with van der Waals surface area (Å²) in [5.41, 5.74) is 1.79. The molecule has 2 aromatic carbocycles. The maximum absolute atomic E-state index is 13.3. The Morgan fingerprint density at radius 1 is 1.12 bits per heavy atom. The lowest BCUT2D eigenvalue weighted by atomic mass is 10.1. The zero-order chi connectivity index (χ0) is 22.9. The van der Waals surface area contributed by atoms with Gasteiger partial charge in [0, 0.05) is 32.4 Å². The predicted molar refractivity (Wildman–Crippen MR) is 122 cm³/mol. The molecule has 170 valence electrons. The van der Waals surface area contributed by atoms with Gasteiger partial charge in [-0.25, -0.2) is 8.42 Å². The minimum Gasteiger partial charge on any atom is -0.492 e. The monoisotopic (exact) mass is 457 g/mol. The van der Waals surface area contributed by atoms with E-state index in [0.29, 0.717) is 44.6 Å². The lowest BCUT2D eigenvalue weighted by Crippen LogP contribution is -2.49. The van der Waals surface area contributed by atoms with Crippen LogP contribution in [0.25, 0.3) is 11.1 Å². The molecule has 0 atom stereocenters. The number of benzene rings is 2. The van der Waals surface area contributed by atoms with Crippen molar-refractivity contribution in [2.45, 2.75) is 18.7 Å². The number of para-hydroxylation sites is 2. The number of rotatable bonds is 6. The van der Waals surface area contributed by atoms with Crippen molar-refractivity contribution in [3.8, 4) is 5.75 Å². The molecule has 1 aliphatic rings. The molecule has 0 bridgehead atoms. The van der Waals surface area contributed by atoms with Crippen LogP contribution in [0, 0.1) is 5.92 Å². The molecule has 1 aliphatic heterocycles. The first-order chi connectivity index (χ1) is 15.2. The average molecular weight is 458 g/mol. The molecule has 2 heterocycles. The van der Waals surface area contributed by atoms with E-state index in [1.54, 1.807) is 11.0 Å². The molecule has 0 unspecified atom stereocenters. The molecule has 4 rings (SSSR count). The molecule has 0 radical (unpaired) electrons. The lowest BCUT2D eigenvalue weighted by molar-refractivity contribution is 0.0739. The zero-order valence-electron chi connectivity index (χ0n) is 18.4. The summed E-state index contributed by atoms with van der Waals surface area (Å²) in [4.78, 5) is 21.7. The topological polar surface area (TPSA) is 93.0 Å². The van der Waals surface area contributed by atoms with Crippen molar-refractivity contribution in [2.75, 3.05) is 43.9 Å². The highest BCUT2D eigenvalue weighted by molar-refractivity contribution is 7.90. The highest BCUT2D eigenvalue weighted by Gasteiger charge is 2.27. The van der Waals surface area contributed by atoms with E-state index in [1.807, 2.05) is 43.0 Å². The van der Waals surface area contributed by atoms with Gasteiger partial charge >= 0.3 is 0 Å². The molecule has 3 aromatic rings. The molecule has 32 heavy (non-hydrogen) atoms. The Kier molecular flexibility index (Phi) is 6.10. The van der Waals surface area contributed by atoms with Crippen LogP contribution in [-0.4, -0.2) is 63.3 Å². The first-order valence-electron chi connectivity index (χ1n) is 10.6. The minimum atomic E-state index is -3.45. The fraction of sp³-hybridized carbons (Fsp3) is 0.391. The van der Waals surface area contributed by atoms with Crippen LogP contribution in [0.1, 0.15) is 24.2 Å². The van der Waals surface area contributed by atoms with E-state index < -0.39 is 9.84 Å². The largest absolute Gasteiger partial charge is 0.492 e. The molecule has 1 saturated heterocycles. The van der Waals surface area contributed by atoms with Gasteiger partial charge in [0.1, 0.15) is 11.3 Å². The second-order valence-electron chi connectivity index (χ2n) is 8.38. The van der Waals surface area contributed by atoms with Crippen LogP contribution < -0.4 is 9.64 Å². The summed E-state index contributed by atoms with van der Waals surface area (Å²) in [5, 5.41) is 0. The van der Waals surface area contributed by atoms with E-state index >= 15 is 0 Å². The van der Waals surface area contributed by atoms with E-state index in [9.17, 15) is 13.2 Å². The average Bonchev–Trinajstić information content (AvgIpc) is 3.21. The Morgan fingerprint density at radius 2 is 1.84 bits per heavy atom. The van der Waals surface area contributed by atoms with E-state index in [-0.39, 0.29) is 22.3 Å². The van der Waals surface area contributed by atoms with Crippen molar-refractivity contribution >= 4 is 32.9 Å². The fourth-order valence-electron chi connectivity index (χ4n) is 3.56. The number of sulfone groups is 1. The van der Waals surface area contributed by atoms with Gasteiger partial charge in [-0.2, -0.15) is 4.98 Å². The Labute approximate surface area is 187 Å². The van der Waals surface area contributed by atoms with Crippen LogP contribution in [0.5, 0.6) is 5.75 Å². The lowest BCUT2D eigenvalue weighted by Gasteiger charge is -2.34. The third kappa shape index (κ3) is 4.72. The molecule has 0 aliphatic carbocycles. The van der Waals surface area contributed by atoms with Crippen LogP contribution in [0.2, 0.25) is 0 Å². The Bertz CT molecular complexity index is 1190. The number of ether oxygens (including phenoxy) is 1. The number of anilines is 1. The molecule has 0 spiro atoms. The third-order valence-electron chi connectivity index (χ3n) is 5.30. The molecule has 1 fully saturated rings. The van der Waals surface area contributed by atoms with E-state index in [0.717, 1.165) is 17.4 Å². The molecule has 8 nitrogen and oxygen atoms in total. The molecular weight excluding hydrogens is 430 g/mol. The number of hydrogen-bond donors (Lipinski definition) is 0. The van der Waals surface area contributed by atoms with E-state index in [1.165, 1.54) is 12.1 Å². The molecular formula is C23H27N3O5S. The van der Waals surface area contributed by atoms with Crippen molar-refractivity contribution in [1.29, 1.82) is 0 Å². The Morgan fingerprint density at radius 3 is 2.50 bits per heavy atom. The van der Waals surface area contributed by atoms with Gasteiger partial charge in [0.2, 0.25) is 0 Å². The minimum absolute atomic E-state index is 0.0999. The zero-order valence-corrected chi connectivity index (χ0v) is 19.3. The van der Waals surface area contributed by atoms with Gasteiger partial charge in [0.15, 0.2) is 15.4 Å². The number of carbonyl (C=O) groups is 1. The molecule has 0 saturated carbocycles. The number of fused-ring (bicyclic) bond motifs is 1. The van der Waals surface area contributed by atoms with Gasteiger partial charge in [-0.05, 0) is 36.2 Å². The van der Waals surface area contributed by atoms with Gasteiger partial charge < -0.3 is 19.0 Å². The highest BCUT2D eigenvalue weighted by atomic mass is 32.2. The predicted octanol–water partition coefficient (Wildman–Crippen LogP) is 3.23. The number of carbonyl (C=O) groups excluding carboxylic acids is 1. The Balaban J connectivity index is 1.52. The summed E-state index contributed by atoms with van der Waals surface area (Å²) in [5.74, 6) is 0.427. The highest BCUT2D eigenvalue weighted by Crippen LogP contribution is 2.27. The fourth-order valence-corrected chi connectivity index (χ4v) is 4.20.